The zero-order valence-electron chi connectivity index (χ0n) is 13.6. The van der Waals surface area contributed by atoms with E-state index in [9.17, 15) is 9.59 Å². The van der Waals surface area contributed by atoms with Crippen molar-refractivity contribution in [2.24, 2.45) is 5.92 Å². The van der Waals surface area contributed by atoms with Gasteiger partial charge in [-0.3, -0.25) is 4.79 Å². The van der Waals surface area contributed by atoms with Gasteiger partial charge in [0.2, 0.25) is 0 Å². The Morgan fingerprint density at radius 1 is 0.957 bits per heavy atom. The summed E-state index contributed by atoms with van der Waals surface area (Å²) in [4.78, 5) is 23.9. The molecule has 0 saturated carbocycles. The largest absolute Gasteiger partial charge is 0.462 e. The van der Waals surface area contributed by atoms with Crippen molar-refractivity contribution in [3.63, 3.8) is 0 Å². The van der Waals surface area contributed by atoms with Crippen molar-refractivity contribution < 1.29 is 14.3 Å². The van der Waals surface area contributed by atoms with Gasteiger partial charge >= 0.3 is 5.97 Å². The molecule has 0 aliphatic rings. The van der Waals surface area contributed by atoms with Crippen LogP contribution in [0.4, 0.5) is 5.69 Å². The molecule has 0 saturated heterocycles. The van der Waals surface area contributed by atoms with Crippen LogP contribution in [-0.2, 0) is 4.74 Å². The van der Waals surface area contributed by atoms with Gasteiger partial charge in [0, 0.05) is 11.3 Å². The van der Waals surface area contributed by atoms with E-state index < -0.39 is 0 Å². The first-order valence-corrected chi connectivity index (χ1v) is 7.61. The Kier molecular flexibility index (Phi) is 5.52. The zero-order valence-corrected chi connectivity index (χ0v) is 13.6. The molecular formula is C19H21NO3. The Morgan fingerprint density at radius 3 is 2.09 bits per heavy atom. The normalized spacial score (nSPS) is 10.4. The lowest BCUT2D eigenvalue weighted by Gasteiger charge is -2.08. The summed E-state index contributed by atoms with van der Waals surface area (Å²) in [6, 6.07) is 14.0. The van der Waals surface area contributed by atoms with Crippen molar-refractivity contribution >= 4 is 17.6 Å². The fraction of sp³-hybridized carbons (Fsp3) is 0.263. The average Bonchev–Trinajstić information content (AvgIpc) is 2.54. The van der Waals surface area contributed by atoms with Crippen molar-refractivity contribution in [1.29, 1.82) is 0 Å². The number of rotatable bonds is 5. The second-order valence-electron chi connectivity index (χ2n) is 5.89. The lowest BCUT2D eigenvalue weighted by atomic mass is 10.1. The molecule has 1 N–H and O–H groups in total. The van der Waals surface area contributed by atoms with Crippen LogP contribution in [0.15, 0.2) is 48.5 Å². The minimum atomic E-state index is -0.352. The Morgan fingerprint density at radius 2 is 1.52 bits per heavy atom. The van der Waals surface area contributed by atoms with Crippen LogP contribution in [0, 0.1) is 12.8 Å². The van der Waals surface area contributed by atoms with E-state index in [1.165, 1.54) is 0 Å². The summed E-state index contributed by atoms with van der Waals surface area (Å²) >= 11 is 0. The van der Waals surface area contributed by atoms with Crippen LogP contribution in [0.5, 0.6) is 0 Å². The summed E-state index contributed by atoms with van der Waals surface area (Å²) in [5.41, 5.74) is 2.80. The molecule has 0 aliphatic heterocycles. The van der Waals surface area contributed by atoms with Crippen molar-refractivity contribution in [3.05, 3.63) is 65.2 Å². The third kappa shape index (κ3) is 4.95. The first-order chi connectivity index (χ1) is 11.0. The van der Waals surface area contributed by atoms with Gasteiger partial charge < -0.3 is 10.1 Å². The molecule has 0 heterocycles. The molecule has 23 heavy (non-hydrogen) atoms. The van der Waals surface area contributed by atoms with Crippen LogP contribution in [0.1, 0.15) is 40.1 Å². The monoisotopic (exact) mass is 311 g/mol. The summed E-state index contributed by atoms with van der Waals surface area (Å²) in [6.45, 7) is 6.33. The predicted octanol–water partition coefficient (Wildman–Crippen LogP) is 4.06. The molecule has 0 spiro atoms. The number of carbonyl (C=O) groups is 2. The lowest BCUT2D eigenvalue weighted by molar-refractivity contribution is 0.0459. The number of hydrogen-bond donors (Lipinski definition) is 1. The van der Waals surface area contributed by atoms with Gasteiger partial charge in [-0.15, -0.1) is 0 Å². The maximum absolute atomic E-state index is 12.1. The SMILES string of the molecule is Cc1ccc(C(=O)Nc2ccc(C(=O)OCC(C)C)cc2)cc1. The number of esters is 1. The summed E-state index contributed by atoms with van der Waals surface area (Å²) in [6.07, 6.45) is 0. The number of benzene rings is 2. The van der Waals surface area contributed by atoms with Gasteiger partial charge in [-0.1, -0.05) is 31.5 Å². The topological polar surface area (TPSA) is 55.4 Å². The first-order valence-electron chi connectivity index (χ1n) is 7.61. The van der Waals surface area contributed by atoms with Gasteiger partial charge in [-0.25, -0.2) is 4.79 Å². The van der Waals surface area contributed by atoms with Gasteiger partial charge in [-0.05, 0) is 49.2 Å². The first kappa shape index (κ1) is 16.7. The maximum atomic E-state index is 12.1. The highest BCUT2D eigenvalue weighted by atomic mass is 16.5. The second-order valence-corrected chi connectivity index (χ2v) is 5.89. The Balaban J connectivity index is 1.98. The average molecular weight is 311 g/mol. The molecule has 1 amide bonds. The third-order valence-corrected chi connectivity index (χ3v) is 3.24. The van der Waals surface area contributed by atoms with Gasteiger partial charge in [0.15, 0.2) is 0 Å². The van der Waals surface area contributed by atoms with E-state index in [0.717, 1.165) is 5.56 Å². The molecule has 0 fully saturated rings. The van der Waals surface area contributed by atoms with Crippen molar-refractivity contribution in [2.45, 2.75) is 20.8 Å². The molecular weight excluding hydrogens is 290 g/mol. The number of aryl methyl sites for hydroxylation is 1. The Hall–Kier alpha value is -2.62. The molecule has 0 unspecified atom stereocenters. The second kappa shape index (κ2) is 7.58. The summed E-state index contributed by atoms with van der Waals surface area (Å²) in [5.74, 6) is -0.234. The van der Waals surface area contributed by atoms with Crippen molar-refractivity contribution in [1.82, 2.24) is 0 Å². The van der Waals surface area contributed by atoms with E-state index >= 15 is 0 Å². The van der Waals surface area contributed by atoms with Crippen molar-refractivity contribution in [3.8, 4) is 0 Å². The zero-order chi connectivity index (χ0) is 16.8. The summed E-state index contributed by atoms with van der Waals surface area (Å²) in [5, 5.41) is 2.80. The highest BCUT2D eigenvalue weighted by Crippen LogP contribution is 2.13. The number of ether oxygens (including phenoxy) is 1. The maximum Gasteiger partial charge on any atom is 0.338 e. The van der Waals surface area contributed by atoms with Gasteiger partial charge in [0.05, 0.1) is 12.2 Å². The quantitative estimate of drug-likeness (QED) is 0.847. The van der Waals surface area contributed by atoms with Gasteiger partial charge in [-0.2, -0.15) is 0 Å². The van der Waals surface area contributed by atoms with Crippen LogP contribution in [0.2, 0.25) is 0 Å². The molecule has 0 bridgehead atoms. The van der Waals surface area contributed by atoms with Crippen LogP contribution in [0.3, 0.4) is 0 Å². The van der Waals surface area contributed by atoms with E-state index in [1.54, 1.807) is 36.4 Å². The molecule has 4 nitrogen and oxygen atoms in total. The molecule has 0 atom stereocenters. The standard InChI is InChI=1S/C19H21NO3/c1-13(2)12-23-19(22)16-8-10-17(11-9-16)20-18(21)15-6-4-14(3)5-7-15/h4-11,13H,12H2,1-3H3,(H,20,21). The summed E-state index contributed by atoms with van der Waals surface area (Å²) < 4.78 is 5.16. The van der Waals surface area contributed by atoms with Crippen LogP contribution >= 0.6 is 0 Å². The van der Waals surface area contributed by atoms with Crippen LogP contribution in [-0.4, -0.2) is 18.5 Å². The molecule has 2 aromatic rings. The van der Waals surface area contributed by atoms with Crippen LogP contribution < -0.4 is 5.32 Å². The van der Waals surface area contributed by atoms with E-state index in [1.807, 2.05) is 32.9 Å². The smallest absolute Gasteiger partial charge is 0.338 e. The van der Waals surface area contributed by atoms with E-state index in [4.69, 9.17) is 4.74 Å². The molecule has 2 aromatic carbocycles. The minimum absolute atomic E-state index is 0.180. The molecule has 0 radical (unpaired) electrons. The van der Waals surface area contributed by atoms with Crippen molar-refractivity contribution in [2.75, 3.05) is 11.9 Å². The van der Waals surface area contributed by atoms with E-state index in [2.05, 4.69) is 5.32 Å². The molecule has 2 rings (SSSR count). The molecule has 120 valence electrons. The van der Waals surface area contributed by atoms with Gasteiger partial charge in [0.25, 0.3) is 5.91 Å². The highest BCUT2D eigenvalue weighted by Gasteiger charge is 2.09. The number of amides is 1. The lowest BCUT2D eigenvalue weighted by Crippen LogP contribution is -2.12. The van der Waals surface area contributed by atoms with E-state index in [0.29, 0.717) is 29.3 Å². The number of nitrogens with one attached hydrogen (secondary N) is 1. The molecule has 0 aromatic heterocycles. The highest BCUT2D eigenvalue weighted by molar-refractivity contribution is 6.04. The Bertz CT molecular complexity index is 673. The number of anilines is 1. The molecule has 4 heteroatoms. The van der Waals surface area contributed by atoms with Crippen LogP contribution in [0.25, 0.3) is 0 Å². The minimum Gasteiger partial charge on any atom is -0.462 e. The number of hydrogen-bond acceptors (Lipinski definition) is 3. The van der Waals surface area contributed by atoms with E-state index in [-0.39, 0.29) is 11.9 Å². The predicted molar refractivity (Wildman–Crippen MR) is 90.7 cm³/mol. The summed E-state index contributed by atoms with van der Waals surface area (Å²) in [7, 11) is 0. The number of carbonyl (C=O) groups excluding carboxylic acids is 2. The fourth-order valence-electron chi connectivity index (χ4n) is 1.92. The fourth-order valence-corrected chi connectivity index (χ4v) is 1.92. The Labute approximate surface area is 136 Å². The molecule has 0 aliphatic carbocycles. The third-order valence-electron chi connectivity index (χ3n) is 3.24. The van der Waals surface area contributed by atoms with Gasteiger partial charge in [0.1, 0.15) is 0 Å².